The highest BCUT2D eigenvalue weighted by Gasteiger charge is 1.92. The smallest absolute Gasteiger partial charge is 0.150 e. The lowest BCUT2D eigenvalue weighted by molar-refractivity contribution is 0.861. The molecule has 0 radical (unpaired) electrons. The van der Waals surface area contributed by atoms with Gasteiger partial charge in [0.15, 0.2) is 0 Å². The minimum Gasteiger partial charge on any atom is -0.150 e. The summed E-state index contributed by atoms with van der Waals surface area (Å²) < 4.78 is 1.90. The third kappa shape index (κ3) is 0.973. The van der Waals surface area contributed by atoms with Crippen LogP contribution in [0.2, 0.25) is 0 Å². The second kappa shape index (κ2) is 1.87. The predicted molar refractivity (Wildman–Crippen MR) is 29.8 cm³/mol. The summed E-state index contributed by atoms with van der Waals surface area (Å²) >= 11 is 6.04. The van der Waals surface area contributed by atoms with Gasteiger partial charge in [0.25, 0.3) is 0 Å². The Balaban J connectivity index is 3.12. The van der Waals surface area contributed by atoms with E-state index < -0.39 is 0 Å². The Morgan fingerprint density at radius 3 is 2.43 bits per heavy atom. The van der Waals surface area contributed by atoms with E-state index in [1.807, 2.05) is 0 Å². The number of hydrogen-bond acceptors (Lipinski definition) is 3. The molecule has 1 heterocycles. The fourth-order valence-corrected chi connectivity index (χ4v) is 0.442. The zero-order chi connectivity index (χ0) is 5.28. The Bertz CT molecular complexity index is 142. The standard InChI is InChI=1S/CBr2N4/c2-1-4-5-6-7(1)3. The average molecular weight is 228 g/mol. The first-order valence-electron chi connectivity index (χ1n) is 1.41. The average Bonchev–Trinajstić information content (AvgIpc) is 1.91. The van der Waals surface area contributed by atoms with Crippen LogP contribution < -0.4 is 0 Å². The highest BCUT2D eigenvalue weighted by molar-refractivity contribution is 9.11. The lowest BCUT2D eigenvalue weighted by Crippen LogP contribution is -1.79. The number of tetrazole rings is 1. The van der Waals surface area contributed by atoms with Gasteiger partial charge in [0, 0.05) is 0 Å². The molecule has 0 aliphatic heterocycles. The van der Waals surface area contributed by atoms with Crippen molar-refractivity contribution in [3.63, 3.8) is 0 Å². The van der Waals surface area contributed by atoms with Crippen molar-refractivity contribution in [1.82, 2.24) is 19.2 Å². The van der Waals surface area contributed by atoms with E-state index >= 15 is 0 Å². The minimum atomic E-state index is 0.562. The van der Waals surface area contributed by atoms with Crippen LogP contribution in [0.1, 0.15) is 0 Å². The molecule has 0 saturated heterocycles. The van der Waals surface area contributed by atoms with Gasteiger partial charge in [-0.05, 0) is 26.4 Å². The van der Waals surface area contributed by atoms with Crippen LogP contribution in [-0.2, 0) is 0 Å². The van der Waals surface area contributed by atoms with Gasteiger partial charge in [-0.1, -0.05) is 0 Å². The van der Waals surface area contributed by atoms with Crippen molar-refractivity contribution in [2.75, 3.05) is 0 Å². The maximum atomic E-state index is 3.49. The summed E-state index contributed by atoms with van der Waals surface area (Å²) in [7, 11) is 0. The van der Waals surface area contributed by atoms with Gasteiger partial charge >= 0.3 is 0 Å². The molecule has 0 aromatic carbocycles. The second-order valence-corrected chi connectivity index (χ2v) is 2.19. The first-order valence-corrected chi connectivity index (χ1v) is 2.91. The SMILES string of the molecule is Brc1nnnn1Br. The molecule has 4 nitrogen and oxygen atoms in total. The van der Waals surface area contributed by atoms with Gasteiger partial charge in [0.1, 0.15) is 0 Å². The van der Waals surface area contributed by atoms with Crippen molar-refractivity contribution in [3.8, 4) is 0 Å². The molecule has 0 aliphatic carbocycles. The van der Waals surface area contributed by atoms with Gasteiger partial charge < -0.3 is 0 Å². The van der Waals surface area contributed by atoms with E-state index in [2.05, 4.69) is 47.6 Å². The fraction of sp³-hybridized carbons (Fsp3) is 0. The van der Waals surface area contributed by atoms with Crippen LogP contribution in [0, 0.1) is 0 Å². The normalized spacial score (nSPS) is 9.43. The zero-order valence-electron chi connectivity index (χ0n) is 3.04. The molecular weight excluding hydrogens is 228 g/mol. The Kier molecular flexibility index (Phi) is 1.38. The number of hydrogen-bond donors (Lipinski definition) is 0. The molecule has 0 N–H and O–H groups in total. The summed E-state index contributed by atoms with van der Waals surface area (Å²) in [4.78, 5) is 0. The summed E-state index contributed by atoms with van der Waals surface area (Å²) in [6.45, 7) is 0. The van der Waals surface area contributed by atoms with Crippen LogP contribution in [0.25, 0.3) is 0 Å². The maximum absolute atomic E-state index is 3.49. The van der Waals surface area contributed by atoms with Gasteiger partial charge in [-0.25, -0.2) is 0 Å². The molecule has 1 aromatic heterocycles. The van der Waals surface area contributed by atoms with Crippen LogP contribution in [0.5, 0.6) is 0 Å². The molecule has 0 aliphatic rings. The largest absolute Gasteiger partial charge is 0.229 e. The van der Waals surface area contributed by atoms with E-state index in [4.69, 9.17) is 0 Å². The van der Waals surface area contributed by atoms with Crippen LogP contribution >= 0.6 is 32.1 Å². The molecular formula is CBr2N4. The Morgan fingerprint density at radius 1 is 1.57 bits per heavy atom. The predicted octanol–water partition coefficient (Wildman–Crippen LogP) is 0.594. The molecule has 38 valence electrons. The van der Waals surface area contributed by atoms with Gasteiger partial charge in [-0.2, -0.15) is 3.71 Å². The number of nitrogens with zero attached hydrogens (tertiary/aromatic N) is 4. The highest BCUT2D eigenvalue weighted by atomic mass is 79.9. The van der Waals surface area contributed by atoms with Crippen molar-refractivity contribution < 1.29 is 0 Å². The molecule has 1 aromatic rings. The van der Waals surface area contributed by atoms with Crippen molar-refractivity contribution >= 4 is 32.1 Å². The van der Waals surface area contributed by atoms with Crippen molar-refractivity contribution in [1.29, 1.82) is 0 Å². The Morgan fingerprint density at radius 2 is 2.29 bits per heavy atom. The van der Waals surface area contributed by atoms with Gasteiger partial charge in [0.2, 0.25) is 4.73 Å². The van der Waals surface area contributed by atoms with E-state index in [0.717, 1.165) is 0 Å². The molecule has 0 bridgehead atoms. The van der Waals surface area contributed by atoms with E-state index in [1.165, 1.54) is 3.71 Å². The Labute approximate surface area is 56.4 Å². The Hall–Kier alpha value is 0.0300. The van der Waals surface area contributed by atoms with Crippen LogP contribution in [0.3, 0.4) is 0 Å². The van der Waals surface area contributed by atoms with Crippen molar-refractivity contribution in [2.24, 2.45) is 0 Å². The first-order chi connectivity index (χ1) is 3.30. The quantitative estimate of drug-likeness (QED) is 0.652. The lowest BCUT2D eigenvalue weighted by atomic mass is 11.4. The van der Waals surface area contributed by atoms with Crippen molar-refractivity contribution in [2.45, 2.75) is 0 Å². The summed E-state index contributed by atoms with van der Waals surface area (Å²) in [5.41, 5.74) is 0. The third-order valence-electron chi connectivity index (χ3n) is 0.398. The molecule has 0 atom stereocenters. The molecule has 0 unspecified atom stereocenters. The van der Waals surface area contributed by atoms with Gasteiger partial charge in [-0.3, -0.25) is 0 Å². The summed E-state index contributed by atoms with van der Waals surface area (Å²) in [5.74, 6) is 0. The van der Waals surface area contributed by atoms with Gasteiger partial charge in [-0.15, -0.1) is 5.10 Å². The summed E-state index contributed by atoms with van der Waals surface area (Å²) in [6.07, 6.45) is 0. The van der Waals surface area contributed by atoms with E-state index in [0.29, 0.717) is 4.73 Å². The molecule has 0 saturated carbocycles. The molecule has 1 rings (SSSR count). The van der Waals surface area contributed by atoms with E-state index in [9.17, 15) is 0 Å². The minimum absolute atomic E-state index is 0.562. The van der Waals surface area contributed by atoms with E-state index in [1.54, 1.807) is 0 Å². The monoisotopic (exact) mass is 226 g/mol. The third-order valence-corrected chi connectivity index (χ3v) is 1.85. The number of aromatic nitrogens is 4. The maximum Gasteiger partial charge on any atom is 0.229 e. The number of rotatable bonds is 0. The summed E-state index contributed by atoms with van der Waals surface area (Å²) in [5, 5.41) is 10.2. The highest BCUT2D eigenvalue weighted by Crippen LogP contribution is 2.02. The zero-order valence-corrected chi connectivity index (χ0v) is 6.22. The molecule has 0 fully saturated rings. The molecule has 6 heteroatoms. The lowest BCUT2D eigenvalue weighted by Gasteiger charge is -1.75. The molecule has 0 spiro atoms. The first kappa shape index (κ1) is 5.17. The van der Waals surface area contributed by atoms with Crippen LogP contribution in [-0.4, -0.2) is 19.2 Å². The molecule has 0 amide bonds. The molecule has 7 heavy (non-hydrogen) atoms. The number of halogens is 2. The second-order valence-electron chi connectivity index (χ2n) is 0.808. The van der Waals surface area contributed by atoms with Gasteiger partial charge in [0.05, 0.1) is 16.1 Å². The van der Waals surface area contributed by atoms with E-state index in [-0.39, 0.29) is 0 Å². The summed E-state index contributed by atoms with van der Waals surface area (Å²) in [6, 6.07) is 0. The van der Waals surface area contributed by atoms with Crippen LogP contribution in [0.4, 0.5) is 0 Å². The van der Waals surface area contributed by atoms with Crippen molar-refractivity contribution in [3.05, 3.63) is 4.73 Å². The fourth-order valence-electron chi connectivity index (χ4n) is 0.166. The topological polar surface area (TPSA) is 43.6 Å². The van der Waals surface area contributed by atoms with Crippen LogP contribution in [0.15, 0.2) is 4.73 Å².